The molecule has 0 aliphatic heterocycles. The van der Waals surface area contributed by atoms with Gasteiger partial charge in [0.25, 0.3) is 11.8 Å². The van der Waals surface area contributed by atoms with Gasteiger partial charge in [-0.3, -0.25) is 14.7 Å². The molecule has 4 aromatic rings. The molecule has 0 aliphatic rings. The van der Waals surface area contributed by atoms with E-state index in [2.05, 4.69) is 15.5 Å². The average Bonchev–Trinajstić information content (AvgIpc) is 3.48. The van der Waals surface area contributed by atoms with Gasteiger partial charge >= 0.3 is 0 Å². The second-order valence-corrected chi connectivity index (χ2v) is 8.29. The highest BCUT2D eigenvalue weighted by Gasteiger charge is 2.25. The molecule has 2 aromatic heterocycles. The lowest BCUT2D eigenvalue weighted by Crippen LogP contribution is -2.41. The maximum Gasteiger partial charge on any atom is 0.274 e. The summed E-state index contributed by atoms with van der Waals surface area (Å²) in [5.41, 5.74) is 2.84. The molecule has 2 heterocycles. The minimum absolute atomic E-state index is 0.134. The highest BCUT2D eigenvalue weighted by molar-refractivity contribution is 6.05. The number of aromatic amines is 1. The lowest BCUT2D eigenvalue weighted by molar-refractivity contribution is 0.0718. The van der Waals surface area contributed by atoms with Gasteiger partial charge in [0.2, 0.25) is 0 Å². The van der Waals surface area contributed by atoms with Gasteiger partial charge in [-0.25, -0.2) is 0 Å². The zero-order valence-electron chi connectivity index (χ0n) is 19.6. The van der Waals surface area contributed by atoms with Crippen molar-refractivity contribution >= 4 is 22.7 Å². The Labute approximate surface area is 198 Å². The Hall–Kier alpha value is -4.07. The first kappa shape index (κ1) is 23.1. The number of aryl methyl sites for hydroxylation is 1. The van der Waals surface area contributed by atoms with E-state index in [1.54, 1.807) is 29.7 Å². The first-order valence-electron chi connectivity index (χ1n) is 11.2. The fourth-order valence-corrected chi connectivity index (χ4v) is 4.07. The van der Waals surface area contributed by atoms with E-state index >= 15 is 0 Å². The third-order valence-electron chi connectivity index (χ3n) is 6.09. The van der Waals surface area contributed by atoms with E-state index in [0.717, 1.165) is 11.1 Å². The Kier molecular flexibility index (Phi) is 6.96. The number of nitrogens with zero attached hydrogens (tertiary/aromatic N) is 3. The highest BCUT2D eigenvalue weighted by atomic mass is 16.5. The van der Waals surface area contributed by atoms with Crippen molar-refractivity contribution < 1.29 is 14.3 Å². The SMILES string of the molecule is COc1ccc2[nH]nc(C(=O)N(C)[C@H](CCNC(=O)c3cccn3C)Cc3ccccc3)c2c1. The van der Waals surface area contributed by atoms with E-state index < -0.39 is 0 Å². The van der Waals surface area contributed by atoms with Crippen molar-refractivity contribution in [1.29, 1.82) is 0 Å². The maximum atomic E-state index is 13.5. The molecule has 2 N–H and O–H groups in total. The fourth-order valence-electron chi connectivity index (χ4n) is 4.07. The smallest absolute Gasteiger partial charge is 0.274 e. The molecule has 0 saturated heterocycles. The zero-order chi connectivity index (χ0) is 24.1. The highest BCUT2D eigenvalue weighted by Crippen LogP contribution is 2.24. The number of ether oxygens (including phenoxy) is 1. The third-order valence-corrected chi connectivity index (χ3v) is 6.09. The van der Waals surface area contributed by atoms with Gasteiger partial charge in [0.1, 0.15) is 11.4 Å². The third kappa shape index (κ3) is 4.96. The largest absolute Gasteiger partial charge is 0.497 e. The van der Waals surface area contributed by atoms with E-state index in [9.17, 15) is 9.59 Å². The maximum absolute atomic E-state index is 13.5. The van der Waals surface area contributed by atoms with Crippen LogP contribution in [0.1, 0.15) is 33.0 Å². The van der Waals surface area contributed by atoms with Crippen molar-refractivity contribution in [3.05, 3.63) is 83.8 Å². The molecule has 0 unspecified atom stereocenters. The van der Waals surface area contributed by atoms with Crippen LogP contribution in [0.15, 0.2) is 66.9 Å². The van der Waals surface area contributed by atoms with Crippen LogP contribution in [0.4, 0.5) is 0 Å². The summed E-state index contributed by atoms with van der Waals surface area (Å²) in [6.07, 6.45) is 3.09. The minimum atomic E-state index is -0.186. The van der Waals surface area contributed by atoms with Crippen LogP contribution >= 0.6 is 0 Å². The molecule has 4 rings (SSSR count). The summed E-state index contributed by atoms with van der Waals surface area (Å²) < 4.78 is 7.10. The number of aromatic nitrogens is 3. The summed E-state index contributed by atoms with van der Waals surface area (Å²) >= 11 is 0. The Morgan fingerprint density at radius 3 is 2.65 bits per heavy atom. The molecule has 0 spiro atoms. The number of H-pyrrole nitrogens is 1. The van der Waals surface area contributed by atoms with E-state index in [0.29, 0.717) is 41.9 Å². The summed E-state index contributed by atoms with van der Waals surface area (Å²) in [6.45, 7) is 0.439. The summed E-state index contributed by atoms with van der Waals surface area (Å²) in [5.74, 6) is 0.342. The van der Waals surface area contributed by atoms with Gasteiger partial charge in [-0.15, -0.1) is 0 Å². The van der Waals surface area contributed by atoms with Crippen molar-refractivity contribution in [3.8, 4) is 5.75 Å². The number of rotatable bonds is 9. The van der Waals surface area contributed by atoms with Crippen LogP contribution in [0.25, 0.3) is 10.9 Å². The molecule has 8 heteroatoms. The second-order valence-electron chi connectivity index (χ2n) is 8.29. The molecule has 0 aliphatic carbocycles. The predicted octanol–water partition coefficient (Wildman–Crippen LogP) is 3.41. The lowest BCUT2D eigenvalue weighted by atomic mass is 10.0. The Morgan fingerprint density at radius 1 is 1.15 bits per heavy atom. The van der Waals surface area contributed by atoms with Crippen LogP contribution in [0, 0.1) is 0 Å². The predicted molar refractivity (Wildman–Crippen MR) is 131 cm³/mol. The molecule has 176 valence electrons. The van der Waals surface area contributed by atoms with Gasteiger partial charge in [-0.1, -0.05) is 30.3 Å². The van der Waals surface area contributed by atoms with Crippen LogP contribution in [-0.2, 0) is 13.5 Å². The number of carbonyl (C=O) groups excluding carboxylic acids is 2. The first-order valence-corrected chi connectivity index (χ1v) is 11.2. The number of fused-ring (bicyclic) bond motifs is 1. The number of amides is 2. The van der Waals surface area contributed by atoms with Crippen LogP contribution in [0.3, 0.4) is 0 Å². The Bertz CT molecular complexity index is 1280. The van der Waals surface area contributed by atoms with Crippen molar-refractivity contribution in [2.24, 2.45) is 7.05 Å². The number of nitrogens with one attached hydrogen (secondary N) is 2. The number of hydrogen-bond acceptors (Lipinski definition) is 4. The molecule has 34 heavy (non-hydrogen) atoms. The number of likely N-dealkylation sites (N-methyl/N-ethyl adjacent to an activating group) is 1. The Balaban J connectivity index is 1.52. The molecule has 8 nitrogen and oxygen atoms in total. The standard InChI is InChI=1S/C26H29N5O3/c1-30-15-7-10-23(30)25(32)27-14-13-19(16-18-8-5-4-6-9-18)31(2)26(33)24-21-17-20(34-3)11-12-22(21)28-29-24/h4-12,15,17,19H,13-14,16H2,1-3H3,(H,27,32)(H,28,29)/t19-/m1/s1. The van der Waals surface area contributed by atoms with Gasteiger partial charge < -0.3 is 19.5 Å². The van der Waals surface area contributed by atoms with Gasteiger partial charge in [0, 0.05) is 38.3 Å². The fraction of sp³-hybridized carbons (Fsp3) is 0.269. The lowest BCUT2D eigenvalue weighted by Gasteiger charge is -2.28. The van der Waals surface area contributed by atoms with E-state index in [4.69, 9.17) is 4.74 Å². The Morgan fingerprint density at radius 2 is 1.94 bits per heavy atom. The number of hydrogen-bond donors (Lipinski definition) is 2. The van der Waals surface area contributed by atoms with Crippen LogP contribution in [0.5, 0.6) is 5.75 Å². The summed E-state index contributed by atoms with van der Waals surface area (Å²) in [6, 6.07) is 19.0. The monoisotopic (exact) mass is 459 g/mol. The van der Waals surface area contributed by atoms with Crippen LogP contribution in [0.2, 0.25) is 0 Å². The molecule has 2 amide bonds. The summed E-state index contributed by atoms with van der Waals surface area (Å²) in [7, 11) is 5.22. The topological polar surface area (TPSA) is 92.2 Å². The molecule has 2 aromatic carbocycles. The van der Waals surface area contributed by atoms with Crippen molar-refractivity contribution in [2.45, 2.75) is 18.9 Å². The van der Waals surface area contributed by atoms with Gasteiger partial charge in [0.05, 0.1) is 12.6 Å². The van der Waals surface area contributed by atoms with Crippen molar-refractivity contribution in [2.75, 3.05) is 20.7 Å². The molecule has 1 atom stereocenters. The van der Waals surface area contributed by atoms with Gasteiger partial charge in [-0.2, -0.15) is 5.10 Å². The number of methoxy groups -OCH3 is 1. The number of carbonyl (C=O) groups is 2. The summed E-state index contributed by atoms with van der Waals surface area (Å²) in [4.78, 5) is 27.7. The second kappa shape index (κ2) is 10.2. The molecule has 0 bridgehead atoms. The summed E-state index contributed by atoms with van der Waals surface area (Å²) in [5, 5.41) is 10.9. The molecule has 0 saturated carbocycles. The minimum Gasteiger partial charge on any atom is -0.497 e. The van der Waals surface area contributed by atoms with Crippen molar-refractivity contribution in [3.63, 3.8) is 0 Å². The van der Waals surface area contributed by atoms with Crippen LogP contribution in [-0.4, -0.2) is 58.2 Å². The van der Waals surface area contributed by atoms with E-state index in [1.807, 2.05) is 67.8 Å². The van der Waals surface area contributed by atoms with Crippen LogP contribution < -0.4 is 10.1 Å². The van der Waals surface area contributed by atoms with Crippen molar-refractivity contribution in [1.82, 2.24) is 25.0 Å². The first-order chi connectivity index (χ1) is 16.5. The van der Waals surface area contributed by atoms with Gasteiger partial charge in [0.15, 0.2) is 5.69 Å². The van der Waals surface area contributed by atoms with E-state index in [-0.39, 0.29) is 17.9 Å². The number of benzene rings is 2. The average molecular weight is 460 g/mol. The van der Waals surface area contributed by atoms with E-state index in [1.165, 1.54) is 0 Å². The quantitative estimate of drug-likeness (QED) is 0.401. The molecule has 0 fully saturated rings. The molecular weight excluding hydrogens is 430 g/mol. The zero-order valence-corrected chi connectivity index (χ0v) is 19.6. The normalized spacial score (nSPS) is 11.9. The molecular formula is C26H29N5O3. The van der Waals surface area contributed by atoms with Gasteiger partial charge in [-0.05, 0) is 48.7 Å². The molecule has 0 radical (unpaired) electrons.